The van der Waals surface area contributed by atoms with Crippen LogP contribution in [0.5, 0.6) is 5.75 Å². The first-order valence-corrected chi connectivity index (χ1v) is 10.5. The lowest BCUT2D eigenvalue weighted by Crippen LogP contribution is -2.57. The van der Waals surface area contributed by atoms with E-state index in [-0.39, 0.29) is 16.9 Å². The molecule has 3 N–H and O–H groups in total. The number of amides is 1. The molecule has 0 bridgehead atoms. The summed E-state index contributed by atoms with van der Waals surface area (Å²) in [6.45, 7) is -1.55. The summed E-state index contributed by atoms with van der Waals surface area (Å²) in [5.74, 6) is 0.955. The number of aromatic nitrogens is 5. The smallest absolute Gasteiger partial charge is 0.273 e. The van der Waals surface area contributed by atoms with Gasteiger partial charge in [0.05, 0.1) is 42.8 Å². The summed E-state index contributed by atoms with van der Waals surface area (Å²) in [6.07, 6.45) is 3.80. The Morgan fingerprint density at radius 2 is 2.15 bits per heavy atom. The van der Waals surface area contributed by atoms with E-state index in [4.69, 9.17) is 13.6 Å². The highest BCUT2D eigenvalue weighted by molar-refractivity contribution is 5.98. The maximum Gasteiger partial charge on any atom is 0.273 e. The highest BCUT2D eigenvalue weighted by atomic mass is 16.5. The fraction of sp³-hybridized carbons (Fsp3) is 0.409. The van der Waals surface area contributed by atoms with Crippen molar-refractivity contribution in [3.63, 3.8) is 0 Å². The quantitative estimate of drug-likeness (QED) is 0.469. The second kappa shape index (κ2) is 8.32. The SMILES string of the molecule is [2H]C([2H])([2H])NC(=O)c1nnc(NC2(C3CC3)COC2)cc1Nc1cccc(-c2ncn(C)n2)c1OC. The molecule has 11 nitrogen and oxygen atoms in total. The molecule has 11 heteroatoms. The number of nitrogens with one attached hydrogen (secondary N) is 3. The highest BCUT2D eigenvalue weighted by Crippen LogP contribution is 2.45. The summed E-state index contributed by atoms with van der Waals surface area (Å²) in [6, 6.07) is 7.00. The Hall–Kier alpha value is -3.73. The van der Waals surface area contributed by atoms with Gasteiger partial charge in [0.2, 0.25) is 0 Å². The van der Waals surface area contributed by atoms with Gasteiger partial charge in [0.25, 0.3) is 5.91 Å². The van der Waals surface area contributed by atoms with Gasteiger partial charge in [-0.05, 0) is 30.9 Å². The summed E-state index contributed by atoms with van der Waals surface area (Å²) in [5, 5.41) is 21.2. The summed E-state index contributed by atoms with van der Waals surface area (Å²) in [5.41, 5.74) is 1.01. The standard InChI is InChI=1S/C22H26N8O3/c1-23-21(31)18-16(9-17(27-28-18)26-22(10-33-11-22)13-7-8-13)25-15-6-4-5-14(19(15)32-3)20-24-12-30(2)29-20/h4-6,9,12-13H,7-8,10-11H2,1-3H3,(H,23,31)(H2,25,26,27)/i1D3. The second-order valence-corrected chi connectivity index (χ2v) is 8.25. The fourth-order valence-corrected chi connectivity index (χ4v) is 4.04. The first kappa shape index (κ1) is 17.8. The van der Waals surface area contributed by atoms with Crippen molar-refractivity contribution in [3.05, 3.63) is 36.3 Å². The number of anilines is 3. The maximum atomic E-state index is 12.8. The van der Waals surface area contributed by atoms with E-state index in [0.717, 1.165) is 12.8 Å². The van der Waals surface area contributed by atoms with Gasteiger partial charge in [-0.25, -0.2) is 4.98 Å². The Bertz CT molecular complexity index is 1290. The van der Waals surface area contributed by atoms with Gasteiger partial charge in [-0.15, -0.1) is 10.2 Å². The molecule has 0 spiro atoms. The Morgan fingerprint density at radius 3 is 2.79 bits per heavy atom. The van der Waals surface area contributed by atoms with E-state index >= 15 is 0 Å². The number of rotatable bonds is 8. The molecular weight excluding hydrogens is 424 g/mol. The molecule has 1 saturated carbocycles. The van der Waals surface area contributed by atoms with E-state index in [1.807, 2.05) is 11.4 Å². The third-order valence-corrected chi connectivity index (χ3v) is 5.91. The number of methoxy groups -OCH3 is 1. The molecule has 1 aliphatic heterocycles. The molecule has 2 fully saturated rings. The molecule has 172 valence electrons. The second-order valence-electron chi connectivity index (χ2n) is 8.25. The van der Waals surface area contributed by atoms with Crippen LogP contribution in [-0.4, -0.2) is 63.7 Å². The van der Waals surface area contributed by atoms with E-state index in [2.05, 4.69) is 30.9 Å². The first-order chi connectivity index (χ1) is 17.2. The van der Waals surface area contributed by atoms with Crippen LogP contribution < -0.4 is 20.7 Å². The van der Waals surface area contributed by atoms with Crippen molar-refractivity contribution >= 4 is 23.1 Å². The van der Waals surface area contributed by atoms with E-state index in [1.165, 1.54) is 7.11 Å². The van der Waals surface area contributed by atoms with Crippen molar-refractivity contribution in [1.29, 1.82) is 0 Å². The first-order valence-electron chi connectivity index (χ1n) is 12.0. The van der Waals surface area contributed by atoms with Crippen LogP contribution in [0.3, 0.4) is 0 Å². The molecule has 0 atom stereocenters. The fourth-order valence-electron chi connectivity index (χ4n) is 4.04. The third-order valence-electron chi connectivity index (χ3n) is 5.91. The van der Waals surface area contributed by atoms with Gasteiger partial charge in [0.15, 0.2) is 23.1 Å². The molecule has 5 rings (SSSR count). The van der Waals surface area contributed by atoms with Crippen molar-refractivity contribution in [1.82, 2.24) is 30.3 Å². The van der Waals surface area contributed by atoms with Gasteiger partial charge in [-0.3, -0.25) is 9.48 Å². The van der Waals surface area contributed by atoms with E-state index < -0.39 is 12.9 Å². The Balaban J connectivity index is 1.52. The summed E-state index contributed by atoms with van der Waals surface area (Å²) in [4.78, 5) is 17.1. The lowest BCUT2D eigenvalue weighted by molar-refractivity contribution is -0.0526. The number of ether oxygens (including phenoxy) is 2. The van der Waals surface area contributed by atoms with E-state index in [1.54, 1.807) is 36.3 Å². The Morgan fingerprint density at radius 1 is 1.30 bits per heavy atom. The molecule has 0 unspecified atom stereocenters. The minimum atomic E-state index is -2.69. The van der Waals surface area contributed by atoms with Gasteiger partial charge >= 0.3 is 0 Å². The number of nitrogens with zero attached hydrogens (tertiary/aromatic N) is 5. The Kier molecular flexibility index (Phi) is 4.48. The topological polar surface area (TPSA) is 128 Å². The van der Waals surface area contributed by atoms with Gasteiger partial charge < -0.3 is 25.4 Å². The number of hydrogen-bond donors (Lipinski definition) is 3. The zero-order valence-corrected chi connectivity index (χ0v) is 18.3. The van der Waals surface area contributed by atoms with Crippen molar-refractivity contribution in [3.8, 4) is 17.1 Å². The number of hydrogen-bond acceptors (Lipinski definition) is 9. The number of carbonyl (C=O) groups is 1. The molecule has 0 radical (unpaired) electrons. The summed E-state index contributed by atoms with van der Waals surface area (Å²) in [7, 11) is 3.28. The molecular formula is C22H26N8O3. The number of benzene rings is 1. The molecule has 33 heavy (non-hydrogen) atoms. The van der Waals surface area contributed by atoms with E-state index in [9.17, 15) is 4.79 Å². The van der Waals surface area contributed by atoms with Crippen LogP contribution >= 0.6 is 0 Å². The van der Waals surface area contributed by atoms with Crippen LogP contribution in [0.25, 0.3) is 11.4 Å². The van der Waals surface area contributed by atoms with Crippen molar-refractivity contribution in [2.75, 3.05) is 37.9 Å². The molecule has 1 aliphatic carbocycles. The van der Waals surface area contributed by atoms with Crippen molar-refractivity contribution in [2.45, 2.75) is 18.4 Å². The molecule has 2 aromatic heterocycles. The maximum absolute atomic E-state index is 12.8. The molecule has 3 aromatic rings. The predicted molar refractivity (Wildman–Crippen MR) is 122 cm³/mol. The molecule has 1 amide bonds. The largest absolute Gasteiger partial charge is 0.494 e. The van der Waals surface area contributed by atoms with Gasteiger partial charge in [-0.2, -0.15) is 5.10 Å². The van der Waals surface area contributed by atoms with Gasteiger partial charge in [0, 0.05) is 24.2 Å². The third kappa shape index (κ3) is 3.95. The lowest BCUT2D eigenvalue weighted by atomic mass is 9.91. The zero-order valence-electron chi connectivity index (χ0n) is 21.3. The Labute approximate surface area is 195 Å². The van der Waals surface area contributed by atoms with Gasteiger partial charge in [0.1, 0.15) is 6.33 Å². The summed E-state index contributed by atoms with van der Waals surface area (Å²) >= 11 is 0. The van der Waals surface area contributed by atoms with Gasteiger partial charge in [-0.1, -0.05) is 6.07 Å². The molecule has 2 aliphatic rings. The van der Waals surface area contributed by atoms with Crippen LogP contribution in [0.1, 0.15) is 27.4 Å². The number of para-hydroxylation sites is 1. The lowest BCUT2D eigenvalue weighted by Gasteiger charge is -2.42. The zero-order chi connectivity index (χ0) is 25.5. The minimum absolute atomic E-state index is 0.176. The number of carbonyl (C=O) groups excluding carboxylic acids is 1. The molecule has 1 saturated heterocycles. The molecule has 1 aromatic carbocycles. The molecule has 3 heterocycles. The van der Waals surface area contributed by atoms with Crippen molar-refractivity contribution in [2.24, 2.45) is 13.0 Å². The average molecular weight is 454 g/mol. The average Bonchev–Trinajstić information content (AvgIpc) is 3.55. The monoisotopic (exact) mass is 453 g/mol. The minimum Gasteiger partial charge on any atom is -0.494 e. The normalized spacial score (nSPS) is 18.3. The van der Waals surface area contributed by atoms with Crippen LogP contribution in [-0.2, 0) is 11.8 Å². The van der Waals surface area contributed by atoms with Crippen LogP contribution in [0, 0.1) is 5.92 Å². The van der Waals surface area contributed by atoms with Crippen molar-refractivity contribution < 1.29 is 18.4 Å². The van der Waals surface area contributed by atoms with Crippen LogP contribution in [0.15, 0.2) is 30.6 Å². The highest BCUT2D eigenvalue weighted by Gasteiger charge is 2.51. The van der Waals surface area contributed by atoms with Crippen LogP contribution in [0.4, 0.5) is 17.2 Å². The number of aryl methyl sites for hydroxylation is 1. The van der Waals surface area contributed by atoms with Crippen LogP contribution in [0.2, 0.25) is 0 Å². The summed E-state index contributed by atoms with van der Waals surface area (Å²) < 4.78 is 34.9. The van der Waals surface area contributed by atoms with E-state index in [0.29, 0.717) is 47.8 Å². The predicted octanol–water partition coefficient (Wildman–Crippen LogP) is 1.97.